The van der Waals surface area contributed by atoms with Gasteiger partial charge in [-0.25, -0.2) is 4.39 Å². The van der Waals surface area contributed by atoms with Crippen LogP contribution < -0.4 is 4.74 Å². The Hall–Kier alpha value is -1.90. The van der Waals surface area contributed by atoms with Crippen LogP contribution in [0.15, 0.2) is 36.4 Å². The van der Waals surface area contributed by atoms with E-state index in [0.29, 0.717) is 0 Å². The molecule has 0 aliphatic rings. The topological polar surface area (TPSA) is 26.3 Å². The number of fused-ring (bicyclic) bond motifs is 1. The first kappa shape index (κ1) is 8.69. The fourth-order valence-electron chi connectivity index (χ4n) is 1.33. The van der Waals surface area contributed by atoms with Crippen molar-refractivity contribution in [2.45, 2.75) is 0 Å². The summed E-state index contributed by atoms with van der Waals surface area (Å²) in [5.74, 6) is -0.575. The van der Waals surface area contributed by atoms with E-state index in [-0.39, 0.29) is 12.2 Å². The van der Waals surface area contributed by atoms with Crippen molar-refractivity contribution in [3.05, 3.63) is 42.2 Å². The largest absolute Gasteiger partial charge is 0.426 e. The second kappa shape index (κ2) is 3.46. The quantitative estimate of drug-likeness (QED) is 0.680. The maximum absolute atomic E-state index is 13.2. The fraction of sp³-hybridized carbons (Fsp3) is 0. The van der Waals surface area contributed by atoms with Crippen LogP contribution >= 0.6 is 0 Å². The maximum Gasteiger partial charge on any atom is 0.298 e. The molecule has 2 aromatic carbocycles. The van der Waals surface area contributed by atoms with E-state index >= 15 is 0 Å². The smallest absolute Gasteiger partial charge is 0.298 e. The number of hydrogen-bond acceptors (Lipinski definition) is 2. The normalized spacial score (nSPS) is 10.1. The van der Waals surface area contributed by atoms with Crippen LogP contribution in [0.2, 0.25) is 0 Å². The van der Waals surface area contributed by atoms with E-state index in [1.807, 2.05) is 18.2 Å². The van der Waals surface area contributed by atoms with Crippen LogP contribution in [-0.4, -0.2) is 6.47 Å². The number of ether oxygens (including phenoxy) is 1. The van der Waals surface area contributed by atoms with Crippen LogP contribution in [0.3, 0.4) is 0 Å². The zero-order chi connectivity index (χ0) is 9.97. The molecule has 0 radical (unpaired) electrons. The van der Waals surface area contributed by atoms with Crippen LogP contribution in [0.25, 0.3) is 10.8 Å². The summed E-state index contributed by atoms with van der Waals surface area (Å²) >= 11 is 0. The number of carbonyl (C=O) groups excluding carboxylic acids is 1. The maximum atomic E-state index is 13.2. The first-order valence-electron chi connectivity index (χ1n) is 4.10. The standard InChI is InChI=1S/C11H7FO2/c12-10-5-8-3-1-2-4-9(8)6-11(10)14-7-13/h1-7H. The molecule has 0 aliphatic heterocycles. The number of benzene rings is 2. The minimum Gasteiger partial charge on any atom is -0.426 e. The molecule has 0 aromatic heterocycles. The lowest BCUT2D eigenvalue weighted by Crippen LogP contribution is -1.92. The van der Waals surface area contributed by atoms with Gasteiger partial charge in [0.15, 0.2) is 11.6 Å². The SMILES string of the molecule is O=COc1cc2ccccc2cc1F. The van der Waals surface area contributed by atoms with Gasteiger partial charge in [-0.1, -0.05) is 24.3 Å². The summed E-state index contributed by atoms with van der Waals surface area (Å²) in [5, 5.41) is 1.62. The molecule has 0 aliphatic carbocycles. The molecular formula is C11H7FO2. The van der Waals surface area contributed by atoms with Gasteiger partial charge in [-0.15, -0.1) is 0 Å². The lowest BCUT2D eigenvalue weighted by Gasteiger charge is -2.02. The van der Waals surface area contributed by atoms with Crippen molar-refractivity contribution in [3.8, 4) is 5.75 Å². The Morgan fingerprint density at radius 2 is 1.79 bits per heavy atom. The van der Waals surface area contributed by atoms with Gasteiger partial charge in [0.25, 0.3) is 6.47 Å². The summed E-state index contributed by atoms with van der Waals surface area (Å²) in [7, 11) is 0. The molecule has 0 saturated carbocycles. The second-order valence-electron chi connectivity index (χ2n) is 2.84. The van der Waals surface area contributed by atoms with Gasteiger partial charge < -0.3 is 4.74 Å². The molecule has 0 saturated heterocycles. The minimum atomic E-state index is -0.532. The predicted octanol–water partition coefficient (Wildman–Crippen LogP) is 2.51. The summed E-state index contributed by atoms with van der Waals surface area (Å²) in [6.07, 6.45) is 0. The highest BCUT2D eigenvalue weighted by Gasteiger charge is 2.04. The summed E-state index contributed by atoms with van der Waals surface area (Å²) in [5.41, 5.74) is 0. The molecule has 3 heteroatoms. The molecule has 2 rings (SSSR count). The van der Waals surface area contributed by atoms with Crippen molar-refractivity contribution in [1.29, 1.82) is 0 Å². The van der Waals surface area contributed by atoms with Crippen molar-refractivity contribution in [1.82, 2.24) is 0 Å². The molecule has 2 aromatic rings. The van der Waals surface area contributed by atoms with Gasteiger partial charge in [0.05, 0.1) is 0 Å². The van der Waals surface area contributed by atoms with E-state index in [1.165, 1.54) is 12.1 Å². The average Bonchev–Trinajstić information content (AvgIpc) is 2.19. The highest BCUT2D eigenvalue weighted by molar-refractivity contribution is 5.84. The number of halogens is 1. The second-order valence-corrected chi connectivity index (χ2v) is 2.84. The lowest BCUT2D eigenvalue weighted by atomic mass is 10.1. The molecule has 0 amide bonds. The molecular weight excluding hydrogens is 183 g/mol. The van der Waals surface area contributed by atoms with Gasteiger partial charge in [-0.2, -0.15) is 0 Å². The number of hydrogen-bond donors (Lipinski definition) is 0. The molecule has 0 fully saturated rings. The number of carbonyl (C=O) groups is 1. The lowest BCUT2D eigenvalue weighted by molar-refractivity contribution is -0.120. The molecule has 14 heavy (non-hydrogen) atoms. The third-order valence-electron chi connectivity index (χ3n) is 1.98. The van der Waals surface area contributed by atoms with Gasteiger partial charge >= 0.3 is 0 Å². The van der Waals surface area contributed by atoms with Crippen molar-refractivity contribution in [3.63, 3.8) is 0 Å². The average molecular weight is 190 g/mol. The molecule has 0 unspecified atom stereocenters. The van der Waals surface area contributed by atoms with Gasteiger partial charge in [0, 0.05) is 0 Å². The Labute approximate surface area is 79.9 Å². The van der Waals surface area contributed by atoms with Crippen molar-refractivity contribution >= 4 is 17.2 Å². The Bertz CT molecular complexity index is 480. The first-order chi connectivity index (χ1) is 6.81. The van der Waals surface area contributed by atoms with Gasteiger partial charge in [0.1, 0.15) is 0 Å². The van der Waals surface area contributed by atoms with E-state index in [0.717, 1.165) is 10.8 Å². The number of rotatable bonds is 2. The van der Waals surface area contributed by atoms with Crippen LogP contribution in [0.1, 0.15) is 0 Å². The highest BCUT2D eigenvalue weighted by Crippen LogP contribution is 2.24. The summed E-state index contributed by atoms with van der Waals surface area (Å²) in [6.45, 7) is 0.215. The highest BCUT2D eigenvalue weighted by atomic mass is 19.1. The van der Waals surface area contributed by atoms with Gasteiger partial charge in [-0.3, -0.25) is 4.79 Å². The zero-order valence-electron chi connectivity index (χ0n) is 7.24. The van der Waals surface area contributed by atoms with Crippen LogP contribution in [-0.2, 0) is 4.79 Å². The van der Waals surface area contributed by atoms with Crippen molar-refractivity contribution < 1.29 is 13.9 Å². The van der Waals surface area contributed by atoms with Crippen molar-refractivity contribution in [2.75, 3.05) is 0 Å². The third-order valence-corrected chi connectivity index (χ3v) is 1.98. The predicted molar refractivity (Wildman–Crippen MR) is 50.6 cm³/mol. The van der Waals surface area contributed by atoms with Gasteiger partial charge in [-0.05, 0) is 22.9 Å². The van der Waals surface area contributed by atoms with Crippen LogP contribution in [0, 0.1) is 5.82 Å². The van der Waals surface area contributed by atoms with E-state index in [1.54, 1.807) is 6.07 Å². The van der Waals surface area contributed by atoms with Crippen molar-refractivity contribution in [2.24, 2.45) is 0 Å². The molecule has 0 bridgehead atoms. The molecule has 0 N–H and O–H groups in total. The Balaban J connectivity index is 2.64. The monoisotopic (exact) mass is 190 g/mol. The molecule has 0 atom stereocenters. The Morgan fingerprint density at radius 1 is 1.14 bits per heavy atom. The minimum absolute atomic E-state index is 0.0429. The summed E-state index contributed by atoms with van der Waals surface area (Å²) < 4.78 is 17.7. The Kier molecular flexibility index (Phi) is 2.14. The van der Waals surface area contributed by atoms with E-state index in [9.17, 15) is 9.18 Å². The van der Waals surface area contributed by atoms with Gasteiger partial charge in [0.2, 0.25) is 0 Å². The van der Waals surface area contributed by atoms with E-state index < -0.39 is 5.82 Å². The molecule has 70 valence electrons. The fourth-order valence-corrected chi connectivity index (χ4v) is 1.33. The van der Waals surface area contributed by atoms with Crippen LogP contribution in [0.4, 0.5) is 4.39 Å². The summed E-state index contributed by atoms with van der Waals surface area (Å²) in [4.78, 5) is 10.1. The molecule has 2 nitrogen and oxygen atoms in total. The van der Waals surface area contributed by atoms with E-state index in [4.69, 9.17) is 0 Å². The third kappa shape index (κ3) is 1.44. The Morgan fingerprint density at radius 3 is 2.43 bits per heavy atom. The van der Waals surface area contributed by atoms with E-state index in [2.05, 4.69) is 4.74 Å². The molecule has 0 spiro atoms. The summed E-state index contributed by atoms with van der Waals surface area (Å²) in [6, 6.07) is 10.1. The first-order valence-corrected chi connectivity index (χ1v) is 4.10. The molecule has 0 heterocycles. The van der Waals surface area contributed by atoms with Crippen LogP contribution in [0.5, 0.6) is 5.75 Å². The zero-order valence-corrected chi connectivity index (χ0v) is 7.24.